The second-order valence-corrected chi connectivity index (χ2v) is 13.1. The molecule has 10 heteroatoms. The maximum atomic E-state index is 14.2. The molecule has 1 heterocycles. The lowest BCUT2D eigenvalue weighted by atomic mass is 9.44. The van der Waals surface area contributed by atoms with E-state index in [1.165, 1.54) is 12.3 Å². The smallest absolute Gasteiger partial charge is 0.335 e. The van der Waals surface area contributed by atoms with Crippen LogP contribution in [-0.2, 0) is 42.9 Å². The largest absolute Gasteiger partial charge is 0.459 e. The molecule has 0 aromatic heterocycles. The van der Waals surface area contributed by atoms with Crippen LogP contribution >= 0.6 is 0 Å². The Morgan fingerprint density at radius 1 is 1.22 bits per heavy atom. The molecule has 3 aliphatic rings. The molecule has 6 atom stereocenters. The van der Waals surface area contributed by atoms with Crippen molar-refractivity contribution in [2.45, 2.75) is 72.0 Å². The second kappa shape index (κ2) is 10.0. The Morgan fingerprint density at radius 2 is 1.89 bits per heavy atom. The quantitative estimate of drug-likeness (QED) is 0.154. The number of methoxy groups -OCH3 is 1. The van der Waals surface area contributed by atoms with Gasteiger partial charge >= 0.3 is 11.9 Å². The van der Waals surface area contributed by atoms with Crippen LogP contribution in [0.3, 0.4) is 0 Å². The number of carbonyl (C=O) groups is 3. The number of Topliss-reactive ketones (excluding diaryl/α,β-unsaturated/α-hetero) is 1. The van der Waals surface area contributed by atoms with Gasteiger partial charge in [0.15, 0.2) is 5.78 Å². The maximum absolute atomic E-state index is 14.2. The zero-order valence-corrected chi connectivity index (χ0v) is 23.0. The van der Waals surface area contributed by atoms with Gasteiger partial charge in [0.25, 0.3) is 10.1 Å². The van der Waals surface area contributed by atoms with Gasteiger partial charge in [0.1, 0.15) is 18.1 Å². The molecule has 202 valence electrons. The average molecular weight is 527 g/mol. The van der Waals surface area contributed by atoms with Crippen molar-refractivity contribution < 1.29 is 41.2 Å². The maximum Gasteiger partial charge on any atom is 0.335 e. The van der Waals surface area contributed by atoms with Crippen LogP contribution in [0.1, 0.15) is 60.3 Å². The first kappa shape index (κ1) is 28.5. The summed E-state index contributed by atoms with van der Waals surface area (Å²) in [5.41, 5.74) is -1.79. The molecule has 0 radical (unpaired) electrons. The molecular formula is C26H38O9S. The Morgan fingerprint density at radius 3 is 2.47 bits per heavy atom. The molecule has 0 N–H and O–H groups in total. The summed E-state index contributed by atoms with van der Waals surface area (Å²) in [6.45, 7) is 9.13. The van der Waals surface area contributed by atoms with Crippen molar-refractivity contribution in [3.05, 3.63) is 24.0 Å². The molecule has 2 saturated carbocycles. The van der Waals surface area contributed by atoms with Crippen LogP contribution in [0.25, 0.3) is 0 Å². The molecule has 2 bridgehead atoms. The van der Waals surface area contributed by atoms with E-state index >= 15 is 0 Å². The zero-order valence-electron chi connectivity index (χ0n) is 22.2. The molecule has 9 nitrogen and oxygen atoms in total. The number of esters is 2. The lowest BCUT2D eigenvalue weighted by Gasteiger charge is -2.57. The van der Waals surface area contributed by atoms with Crippen molar-refractivity contribution in [2.24, 2.45) is 28.6 Å². The number of fused-ring (bicyclic) bond motifs is 2. The predicted octanol–water partition coefficient (Wildman–Crippen LogP) is 3.33. The summed E-state index contributed by atoms with van der Waals surface area (Å²) < 4.78 is 44.5. The van der Waals surface area contributed by atoms with Gasteiger partial charge in [-0.25, -0.2) is 4.79 Å². The number of cyclic esters (lactones) is 1. The van der Waals surface area contributed by atoms with E-state index in [-0.39, 0.29) is 24.7 Å². The Balaban J connectivity index is 2.02. The Bertz CT molecular complexity index is 1070. The first-order valence-corrected chi connectivity index (χ1v) is 14.0. The number of allylic oxidation sites excluding steroid dienone is 2. The van der Waals surface area contributed by atoms with Crippen LogP contribution in [0.2, 0.25) is 0 Å². The van der Waals surface area contributed by atoms with Crippen molar-refractivity contribution in [1.82, 2.24) is 0 Å². The van der Waals surface area contributed by atoms with E-state index in [4.69, 9.17) is 18.4 Å². The Labute approximate surface area is 213 Å². The van der Waals surface area contributed by atoms with Crippen molar-refractivity contribution in [3.8, 4) is 0 Å². The summed E-state index contributed by atoms with van der Waals surface area (Å²) in [5, 5.41) is 0. The average Bonchev–Trinajstić information content (AvgIpc) is 3.09. The first-order chi connectivity index (χ1) is 16.6. The van der Waals surface area contributed by atoms with E-state index < -0.39 is 56.4 Å². The lowest BCUT2D eigenvalue weighted by Crippen LogP contribution is -2.62. The lowest BCUT2D eigenvalue weighted by molar-refractivity contribution is -0.177. The van der Waals surface area contributed by atoms with Gasteiger partial charge in [0, 0.05) is 31.4 Å². The van der Waals surface area contributed by atoms with Gasteiger partial charge in [0.05, 0.1) is 18.1 Å². The van der Waals surface area contributed by atoms with Gasteiger partial charge in [-0.2, -0.15) is 8.42 Å². The summed E-state index contributed by atoms with van der Waals surface area (Å²) in [6, 6.07) is 0. The van der Waals surface area contributed by atoms with E-state index in [2.05, 4.69) is 0 Å². The van der Waals surface area contributed by atoms with Crippen LogP contribution in [0, 0.1) is 28.6 Å². The van der Waals surface area contributed by atoms with E-state index in [0.29, 0.717) is 6.42 Å². The third-order valence-corrected chi connectivity index (χ3v) is 8.76. The third-order valence-electron chi connectivity index (χ3n) is 8.19. The van der Waals surface area contributed by atoms with Gasteiger partial charge in [-0.3, -0.25) is 13.8 Å². The number of ether oxygens (including phenoxy) is 3. The number of hydrogen-bond donors (Lipinski definition) is 0. The highest BCUT2D eigenvalue weighted by molar-refractivity contribution is 7.85. The molecule has 0 aromatic rings. The van der Waals surface area contributed by atoms with Crippen LogP contribution in [0.4, 0.5) is 0 Å². The fourth-order valence-corrected chi connectivity index (χ4v) is 6.79. The third kappa shape index (κ3) is 5.45. The standard InChI is InChI=1S/C26H38O9S/c1-16(2)12-21(27)33-11-9-20-25(5)10-8-19(24(3,4)32-6)18(14-25)22(28)26(20)13-17(35-23(26)29)15-34-36(7,30)31/h9,11-12,17-20H,8,10,13-15H2,1-7H3/b11-9+/t17?,18-,19+,20+,25-,26-/m0/s1. The van der Waals surface area contributed by atoms with E-state index in [1.54, 1.807) is 27.0 Å². The van der Waals surface area contributed by atoms with Crippen LogP contribution in [0.15, 0.2) is 24.0 Å². The van der Waals surface area contributed by atoms with Gasteiger partial charge in [-0.05, 0) is 64.4 Å². The zero-order chi connectivity index (χ0) is 27.1. The normalized spacial score (nSPS) is 34.6. The fourth-order valence-electron chi connectivity index (χ4n) is 6.39. The first-order valence-electron chi connectivity index (χ1n) is 12.2. The number of ketones is 1. The molecule has 3 fully saturated rings. The molecule has 0 aromatic carbocycles. The minimum absolute atomic E-state index is 0.0106. The topological polar surface area (TPSA) is 122 Å². The van der Waals surface area contributed by atoms with E-state index in [0.717, 1.165) is 24.7 Å². The molecule has 3 rings (SSSR count). The molecule has 1 saturated heterocycles. The monoisotopic (exact) mass is 526 g/mol. The second-order valence-electron chi connectivity index (χ2n) is 11.4. The SMILES string of the molecule is COC(C)(C)[C@@H]1CC[C@@]2(C)C[C@@H]1C(=O)[C@]1(CC(COS(C)(=O)=O)OC1=O)[C@@H]2/C=C/OC(=O)C=C(C)C. The van der Waals surface area contributed by atoms with E-state index in [9.17, 15) is 22.8 Å². The summed E-state index contributed by atoms with van der Waals surface area (Å²) in [7, 11) is -2.14. The molecular weight excluding hydrogens is 488 g/mol. The Hall–Kier alpha value is -2.04. The predicted molar refractivity (Wildman–Crippen MR) is 131 cm³/mol. The van der Waals surface area contributed by atoms with Crippen LogP contribution in [0.5, 0.6) is 0 Å². The molecule has 2 aliphatic carbocycles. The highest BCUT2D eigenvalue weighted by atomic mass is 32.2. The molecule has 0 amide bonds. The van der Waals surface area contributed by atoms with Crippen LogP contribution < -0.4 is 0 Å². The summed E-state index contributed by atoms with van der Waals surface area (Å²) in [4.78, 5) is 39.8. The van der Waals surface area contributed by atoms with Crippen LogP contribution in [-0.4, -0.2) is 57.8 Å². The van der Waals surface area contributed by atoms with Crippen molar-refractivity contribution in [2.75, 3.05) is 20.0 Å². The number of carbonyl (C=O) groups excluding carboxylic acids is 3. The highest BCUT2D eigenvalue weighted by Gasteiger charge is 2.69. The van der Waals surface area contributed by atoms with E-state index in [1.807, 2.05) is 20.8 Å². The van der Waals surface area contributed by atoms with Crippen molar-refractivity contribution in [1.29, 1.82) is 0 Å². The van der Waals surface area contributed by atoms with Gasteiger partial charge < -0.3 is 14.2 Å². The molecule has 1 aliphatic heterocycles. The van der Waals surface area contributed by atoms with Gasteiger partial charge in [0.2, 0.25) is 0 Å². The van der Waals surface area contributed by atoms with Gasteiger partial charge in [-0.15, -0.1) is 0 Å². The van der Waals surface area contributed by atoms with Crippen molar-refractivity contribution >= 4 is 27.8 Å². The Kier molecular flexibility index (Phi) is 7.94. The highest BCUT2D eigenvalue weighted by Crippen LogP contribution is 2.64. The minimum Gasteiger partial charge on any atom is -0.459 e. The molecule has 1 spiro atoms. The summed E-state index contributed by atoms with van der Waals surface area (Å²) in [6.07, 6.45) is 6.27. The minimum atomic E-state index is -3.76. The van der Waals surface area contributed by atoms with Crippen molar-refractivity contribution in [3.63, 3.8) is 0 Å². The summed E-state index contributed by atoms with van der Waals surface area (Å²) in [5.74, 6) is -2.60. The number of hydrogen-bond acceptors (Lipinski definition) is 9. The fraction of sp³-hybridized carbons (Fsp3) is 0.731. The molecule has 1 unspecified atom stereocenters. The summed E-state index contributed by atoms with van der Waals surface area (Å²) >= 11 is 0. The number of rotatable bonds is 8. The van der Waals surface area contributed by atoms with Gasteiger partial charge in [-0.1, -0.05) is 12.5 Å². The molecule has 36 heavy (non-hydrogen) atoms.